The van der Waals surface area contributed by atoms with E-state index < -0.39 is 0 Å². The van der Waals surface area contributed by atoms with E-state index in [9.17, 15) is 0 Å². The molecule has 0 aliphatic carbocycles. The van der Waals surface area contributed by atoms with Gasteiger partial charge in [-0.2, -0.15) is 0 Å². The molecule has 112 valence electrons. The highest BCUT2D eigenvalue weighted by molar-refractivity contribution is 7.12. The second kappa shape index (κ2) is 5.99. The fraction of sp³-hybridized carbons (Fsp3) is 0.412. The Kier molecular flexibility index (Phi) is 4.25. The summed E-state index contributed by atoms with van der Waals surface area (Å²) in [6, 6.07) is 6.66. The van der Waals surface area contributed by atoms with Crippen LogP contribution in [-0.2, 0) is 12.8 Å². The lowest BCUT2D eigenvalue weighted by molar-refractivity contribution is 0.352. The van der Waals surface area contributed by atoms with Gasteiger partial charge in [-0.15, -0.1) is 11.3 Å². The summed E-state index contributed by atoms with van der Waals surface area (Å²) < 4.78 is 5.81. The van der Waals surface area contributed by atoms with Crippen LogP contribution in [0.2, 0.25) is 5.02 Å². The lowest BCUT2D eigenvalue weighted by Gasteiger charge is -2.17. The third-order valence-corrected chi connectivity index (χ3v) is 5.61. The normalized spacial score (nSPS) is 14.9. The third-order valence-electron chi connectivity index (χ3n) is 4.13. The van der Waals surface area contributed by atoms with Crippen molar-refractivity contribution in [2.24, 2.45) is 0 Å². The molecule has 0 fully saturated rings. The molecule has 1 aromatic carbocycles. The summed E-state index contributed by atoms with van der Waals surface area (Å²) in [5.41, 5.74) is 3.81. The van der Waals surface area contributed by atoms with Gasteiger partial charge in [0.2, 0.25) is 0 Å². The first kappa shape index (κ1) is 14.9. The first-order valence-corrected chi connectivity index (χ1v) is 8.46. The minimum Gasteiger partial charge on any atom is -0.493 e. The van der Waals surface area contributed by atoms with Crippen LogP contribution in [0.25, 0.3) is 0 Å². The molecule has 0 saturated carbocycles. The first-order valence-electron chi connectivity index (χ1n) is 7.26. The molecule has 0 radical (unpaired) electrons. The summed E-state index contributed by atoms with van der Waals surface area (Å²) in [6.07, 6.45) is 1.86. The topological polar surface area (TPSA) is 21.3 Å². The van der Waals surface area contributed by atoms with E-state index in [1.165, 1.54) is 26.4 Å². The van der Waals surface area contributed by atoms with Crippen molar-refractivity contribution >= 4 is 22.9 Å². The molecule has 2 aromatic rings. The summed E-state index contributed by atoms with van der Waals surface area (Å²) in [6.45, 7) is 5.11. The molecule has 0 bridgehead atoms. The van der Waals surface area contributed by atoms with E-state index in [4.69, 9.17) is 16.3 Å². The van der Waals surface area contributed by atoms with Gasteiger partial charge in [-0.25, -0.2) is 0 Å². The molecule has 0 saturated heterocycles. The Morgan fingerprint density at radius 3 is 2.81 bits per heavy atom. The van der Waals surface area contributed by atoms with Crippen molar-refractivity contribution < 1.29 is 4.74 Å². The standard InChI is InChI=1S/C17H20ClNOS/c1-10-6-16(21-11(10)2)15(19-3)9-13-8-14(18)7-12-4-5-20-17(12)13/h6-8,15,19H,4-5,9H2,1-3H3. The number of thiophene rings is 1. The van der Waals surface area contributed by atoms with Gasteiger partial charge in [-0.1, -0.05) is 11.6 Å². The minimum atomic E-state index is 0.300. The van der Waals surface area contributed by atoms with Gasteiger partial charge in [0.05, 0.1) is 6.61 Å². The van der Waals surface area contributed by atoms with E-state index >= 15 is 0 Å². The zero-order chi connectivity index (χ0) is 15.0. The molecule has 3 rings (SSSR count). The van der Waals surface area contributed by atoms with Crippen molar-refractivity contribution in [1.29, 1.82) is 0 Å². The maximum Gasteiger partial charge on any atom is 0.125 e. The molecule has 1 unspecified atom stereocenters. The van der Waals surface area contributed by atoms with Crippen molar-refractivity contribution in [3.63, 3.8) is 0 Å². The van der Waals surface area contributed by atoms with E-state index in [1.54, 1.807) is 0 Å². The van der Waals surface area contributed by atoms with Crippen LogP contribution in [0, 0.1) is 13.8 Å². The van der Waals surface area contributed by atoms with Crippen LogP contribution < -0.4 is 10.1 Å². The van der Waals surface area contributed by atoms with Gasteiger partial charge in [0, 0.05) is 27.2 Å². The van der Waals surface area contributed by atoms with Crippen LogP contribution >= 0.6 is 22.9 Å². The van der Waals surface area contributed by atoms with Crippen molar-refractivity contribution in [2.75, 3.05) is 13.7 Å². The van der Waals surface area contributed by atoms with E-state index in [0.29, 0.717) is 6.04 Å². The quantitative estimate of drug-likeness (QED) is 0.898. The minimum absolute atomic E-state index is 0.300. The average molecular weight is 322 g/mol. The Labute approximate surface area is 135 Å². The van der Waals surface area contributed by atoms with Crippen LogP contribution in [0.5, 0.6) is 5.75 Å². The first-order chi connectivity index (χ1) is 10.1. The van der Waals surface area contributed by atoms with Gasteiger partial charge in [0.25, 0.3) is 0 Å². The molecule has 0 amide bonds. The molecule has 1 aliphatic heterocycles. The van der Waals surface area contributed by atoms with Gasteiger partial charge < -0.3 is 10.1 Å². The Hall–Kier alpha value is -1.03. The number of likely N-dealkylation sites (N-methyl/N-ethyl adjacent to an activating group) is 1. The number of fused-ring (bicyclic) bond motifs is 1. The Balaban J connectivity index is 1.91. The van der Waals surface area contributed by atoms with E-state index in [2.05, 4.69) is 25.2 Å². The summed E-state index contributed by atoms with van der Waals surface area (Å²) in [4.78, 5) is 2.76. The molecule has 1 aliphatic rings. The number of hydrogen-bond donors (Lipinski definition) is 1. The van der Waals surface area contributed by atoms with Crippen LogP contribution in [0.15, 0.2) is 18.2 Å². The zero-order valence-corrected chi connectivity index (χ0v) is 14.2. The predicted octanol–water partition coefficient (Wildman–Crippen LogP) is 4.46. The maximum atomic E-state index is 6.26. The fourth-order valence-electron chi connectivity index (χ4n) is 2.84. The zero-order valence-electron chi connectivity index (χ0n) is 12.6. The number of ether oxygens (including phenoxy) is 1. The largest absolute Gasteiger partial charge is 0.493 e. The van der Waals surface area contributed by atoms with E-state index in [1.807, 2.05) is 30.5 Å². The van der Waals surface area contributed by atoms with Gasteiger partial charge in [0.1, 0.15) is 5.75 Å². The molecule has 1 atom stereocenters. The summed E-state index contributed by atoms with van der Waals surface area (Å²) in [5, 5.41) is 4.24. The maximum absolute atomic E-state index is 6.26. The van der Waals surface area contributed by atoms with E-state index in [-0.39, 0.29) is 0 Å². The van der Waals surface area contributed by atoms with Crippen LogP contribution in [-0.4, -0.2) is 13.7 Å². The lowest BCUT2D eigenvalue weighted by Crippen LogP contribution is -2.18. The summed E-state index contributed by atoms with van der Waals surface area (Å²) in [7, 11) is 2.01. The number of aryl methyl sites for hydroxylation is 2. The smallest absolute Gasteiger partial charge is 0.125 e. The Morgan fingerprint density at radius 2 is 2.14 bits per heavy atom. The molecular weight excluding hydrogens is 302 g/mol. The van der Waals surface area contributed by atoms with Crippen LogP contribution in [0.4, 0.5) is 0 Å². The Morgan fingerprint density at radius 1 is 1.33 bits per heavy atom. The highest BCUT2D eigenvalue weighted by Crippen LogP contribution is 2.36. The van der Waals surface area contributed by atoms with Gasteiger partial charge >= 0.3 is 0 Å². The number of hydrogen-bond acceptors (Lipinski definition) is 3. The second-order valence-corrected chi connectivity index (χ2v) is 7.31. The highest BCUT2D eigenvalue weighted by atomic mass is 35.5. The molecule has 4 heteroatoms. The monoisotopic (exact) mass is 321 g/mol. The third kappa shape index (κ3) is 2.96. The number of rotatable bonds is 4. The van der Waals surface area contributed by atoms with Crippen molar-refractivity contribution in [3.05, 3.63) is 49.7 Å². The predicted molar refractivity (Wildman–Crippen MR) is 89.9 cm³/mol. The van der Waals surface area contributed by atoms with Gasteiger partial charge in [-0.05, 0) is 62.2 Å². The summed E-state index contributed by atoms with van der Waals surface area (Å²) >= 11 is 8.12. The number of benzene rings is 1. The van der Waals surface area contributed by atoms with Gasteiger partial charge in [0.15, 0.2) is 0 Å². The van der Waals surface area contributed by atoms with Gasteiger partial charge in [-0.3, -0.25) is 0 Å². The molecule has 0 spiro atoms. The molecule has 1 aromatic heterocycles. The average Bonchev–Trinajstić information content (AvgIpc) is 3.03. The molecule has 1 N–H and O–H groups in total. The van der Waals surface area contributed by atoms with E-state index in [0.717, 1.165) is 30.2 Å². The fourth-order valence-corrected chi connectivity index (χ4v) is 4.25. The number of nitrogens with one attached hydrogen (secondary N) is 1. The van der Waals surface area contributed by atoms with Crippen molar-refractivity contribution in [1.82, 2.24) is 5.32 Å². The molecule has 21 heavy (non-hydrogen) atoms. The lowest BCUT2D eigenvalue weighted by atomic mass is 10.0. The number of halogens is 1. The molecule has 2 heterocycles. The van der Waals surface area contributed by atoms with Crippen LogP contribution in [0.1, 0.15) is 32.5 Å². The molecule has 2 nitrogen and oxygen atoms in total. The summed E-state index contributed by atoms with van der Waals surface area (Å²) in [5.74, 6) is 1.05. The molecular formula is C17H20ClNOS. The van der Waals surface area contributed by atoms with Crippen LogP contribution in [0.3, 0.4) is 0 Å². The SMILES string of the molecule is CNC(Cc1cc(Cl)cc2c1OCC2)c1cc(C)c(C)s1. The second-order valence-electron chi connectivity index (χ2n) is 5.58. The van der Waals surface area contributed by atoms with Crippen molar-refractivity contribution in [3.8, 4) is 5.75 Å². The highest BCUT2D eigenvalue weighted by Gasteiger charge is 2.21. The van der Waals surface area contributed by atoms with Crippen molar-refractivity contribution in [2.45, 2.75) is 32.7 Å². The Bertz CT molecular complexity index is 646.